The summed E-state index contributed by atoms with van der Waals surface area (Å²) in [6.45, 7) is 4.46. The quantitative estimate of drug-likeness (QED) is 0.705. The molecule has 0 aromatic heterocycles. The van der Waals surface area contributed by atoms with Crippen molar-refractivity contribution in [3.05, 3.63) is 64.7 Å². The highest BCUT2D eigenvalue weighted by Gasteiger charge is 2.22. The van der Waals surface area contributed by atoms with Crippen LogP contribution in [0.3, 0.4) is 0 Å². The van der Waals surface area contributed by atoms with Gasteiger partial charge in [-0.25, -0.2) is 0 Å². The molecule has 5 nitrogen and oxygen atoms in total. The topological polar surface area (TPSA) is 61.4 Å². The number of rotatable bonds is 8. The van der Waals surface area contributed by atoms with E-state index >= 15 is 0 Å². The summed E-state index contributed by atoms with van der Waals surface area (Å²) in [6.07, 6.45) is 0.560. The number of hydrogen-bond donors (Lipinski definition) is 2. The lowest BCUT2D eigenvalue weighted by molar-refractivity contribution is -0.123. The second-order valence-electron chi connectivity index (χ2n) is 7.44. The van der Waals surface area contributed by atoms with Crippen molar-refractivity contribution in [1.29, 1.82) is 0 Å². The average Bonchev–Trinajstić information content (AvgIpc) is 2.66. The number of nitrogens with one attached hydrogen (secondary N) is 2. The molecule has 28 heavy (non-hydrogen) atoms. The third-order valence-corrected chi connectivity index (χ3v) is 4.61. The van der Waals surface area contributed by atoms with Crippen LogP contribution in [0.4, 0.5) is 5.69 Å². The van der Waals surface area contributed by atoms with Gasteiger partial charge in [0.05, 0.1) is 0 Å². The molecule has 150 valence electrons. The third kappa shape index (κ3) is 6.57. The van der Waals surface area contributed by atoms with E-state index in [2.05, 4.69) is 10.6 Å². The first-order chi connectivity index (χ1) is 13.3. The second-order valence-corrected chi connectivity index (χ2v) is 7.88. The minimum Gasteiger partial charge on any atom is -0.378 e. The maximum atomic E-state index is 12.7. The van der Waals surface area contributed by atoms with E-state index in [4.69, 9.17) is 11.6 Å². The summed E-state index contributed by atoms with van der Waals surface area (Å²) >= 11 is 5.87. The molecule has 0 fully saturated rings. The number of amides is 2. The van der Waals surface area contributed by atoms with Gasteiger partial charge in [-0.2, -0.15) is 0 Å². The van der Waals surface area contributed by atoms with Crippen molar-refractivity contribution in [3.8, 4) is 0 Å². The molecule has 6 heteroatoms. The van der Waals surface area contributed by atoms with Crippen LogP contribution in [0.5, 0.6) is 0 Å². The van der Waals surface area contributed by atoms with Crippen LogP contribution in [0, 0.1) is 5.92 Å². The second kappa shape index (κ2) is 10.1. The van der Waals surface area contributed by atoms with Crippen molar-refractivity contribution in [2.75, 3.05) is 19.0 Å². The number of carbonyl (C=O) groups excluding carboxylic acids is 2. The fraction of sp³-hybridized carbons (Fsp3) is 0.364. The summed E-state index contributed by atoms with van der Waals surface area (Å²) < 4.78 is 0. The summed E-state index contributed by atoms with van der Waals surface area (Å²) in [5, 5.41) is 6.34. The van der Waals surface area contributed by atoms with Crippen LogP contribution in [0.15, 0.2) is 48.5 Å². The standard InChI is InChI=1S/C22H28ClN3O2/c1-15(2)13-20(25-21(27)17-7-9-18(23)10-8-17)22(28)24-14-16-5-11-19(12-6-16)26(3)4/h5-12,15,20H,13-14H2,1-4H3,(H,24,28)(H,25,27)/t20-/m1/s1. The maximum Gasteiger partial charge on any atom is 0.251 e. The van der Waals surface area contributed by atoms with Crippen molar-refractivity contribution in [2.24, 2.45) is 5.92 Å². The maximum absolute atomic E-state index is 12.7. The Bertz CT molecular complexity index is 786. The molecule has 0 heterocycles. The van der Waals surface area contributed by atoms with Gasteiger partial charge in [0.15, 0.2) is 0 Å². The zero-order chi connectivity index (χ0) is 20.7. The third-order valence-electron chi connectivity index (χ3n) is 4.35. The molecule has 0 saturated carbocycles. The van der Waals surface area contributed by atoms with Gasteiger partial charge in [-0.15, -0.1) is 0 Å². The lowest BCUT2D eigenvalue weighted by Crippen LogP contribution is -2.47. The van der Waals surface area contributed by atoms with Crippen molar-refractivity contribution in [1.82, 2.24) is 10.6 Å². The molecule has 0 aliphatic heterocycles. The van der Waals surface area contributed by atoms with Crippen LogP contribution in [0.1, 0.15) is 36.2 Å². The van der Waals surface area contributed by atoms with Crippen molar-refractivity contribution < 1.29 is 9.59 Å². The minimum absolute atomic E-state index is 0.187. The molecule has 0 aliphatic rings. The zero-order valence-electron chi connectivity index (χ0n) is 16.8. The molecule has 2 aromatic rings. The first-order valence-electron chi connectivity index (χ1n) is 9.36. The molecule has 1 atom stereocenters. The number of carbonyl (C=O) groups is 2. The molecular weight excluding hydrogens is 374 g/mol. The first kappa shape index (κ1) is 21.8. The summed E-state index contributed by atoms with van der Waals surface area (Å²) in [5.41, 5.74) is 2.58. The molecule has 2 amide bonds. The van der Waals surface area contributed by atoms with Crippen LogP contribution in [-0.2, 0) is 11.3 Å². The van der Waals surface area contributed by atoms with E-state index in [0.29, 0.717) is 23.6 Å². The molecule has 0 bridgehead atoms. The fourth-order valence-corrected chi connectivity index (χ4v) is 2.90. The van der Waals surface area contributed by atoms with Gasteiger partial charge in [-0.1, -0.05) is 37.6 Å². The Hall–Kier alpha value is -2.53. The van der Waals surface area contributed by atoms with Crippen LogP contribution >= 0.6 is 11.6 Å². The zero-order valence-corrected chi connectivity index (χ0v) is 17.6. The molecule has 0 spiro atoms. The van der Waals surface area contributed by atoms with E-state index in [1.54, 1.807) is 24.3 Å². The van der Waals surface area contributed by atoms with Gasteiger partial charge in [0.25, 0.3) is 5.91 Å². The number of nitrogens with zero attached hydrogens (tertiary/aromatic N) is 1. The number of halogens is 1. The van der Waals surface area contributed by atoms with E-state index in [1.165, 1.54) is 0 Å². The Morgan fingerprint density at radius 1 is 1.00 bits per heavy atom. The molecule has 2 rings (SSSR count). The summed E-state index contributed by atoms with van der Waals surface area (Å²) in [4.78, 5) is 27.2. The molecule has 0 radical (unpaired) electrons. The van der Waals surface area contributed by atoms with Gasteiger partial charge in [-0.3, -0.25) is 9.59 Å². The van der Waals surface area contributed by atoms with Crippen molar-refractivity contribution in [3.63, 3.8) is 0 Å². The van der Waals surface area contributed by atoms with Gasteiger partial charge in [-0.05, 0) is 54.3 Å². The Balaban J connectivity index is 1.99. The summed E-state index contributed by atoms with van der Waals surface area (Å²) in [6, 6.07) is 14.0. The van der Waals surface area contributed by atoms with E-state index in [1.807, 2.05) is 57.1 Å². The molecule has 2 N–H and O–H groups in total. The predicted molar refractivity (Wildman–Crippen MR) is 115 cm³/mol. The van der Waals surface area contributed by atoms with Crippen LogP contribution in [0.25, 0.3) is 0 Å². The van der Waals surface area contributed by atoms with Gasteiger partial charge in [0.2, 0.25) is 5.91 Å². The average molecular weight is 402 g/mol. The summed E-state index contributed by atoms with van der Waals surface area (Å²) in [5.74, 6) is -0.207. The lowest BCUT2D eigenvalue weighted by Gasteiger charge is -2.20. The van der Waals surface area contributed by atoms with Gasteiger partial charge >= 0.3 is 0 Å². The van der Waals surface area contributed by atoms with Crippen LogP contribution in [0.2, 0.25) is 5.02 Å². The Morgan fingerprint density at radius 2 is 1.61 bits per heavy atom. The number of benzene rings is 2. The Kier molecular flexibility index (Phi) is 7.88. The van der Waals surface area contributed by atoms with Gasteiger partial charge in [0.1, 0.15) is 6.04 Å². The molecule has 0 unspecified atom stereocenters. The Morgan fingerprint density at radius 3 is 2.14 bits per heavy atom. The van der Waals surface area contributed by atoms with E-state index in [-0.39, 0.29) is 17.7 Å². The molecule has 0 saturated heterocycles. The molecule has 0 aliphatic carbocycles. The lowest BCUT2D eigenvalue weighted by atomic mass is 10.0. The molecular formula is C22H28ClN3O2. The van der Waals surface area contributed by atoms with Gasteiger partial charge in [0, 0.05) is 36.9 Å². The Labute approximate surface area is 172 Å². The monoisotopic (exact) mass is 401 g/mol. The predicted octanol–water partition coefficient (Wildman–Crippen LogP) is 3.87. The minimum atomic E-state index is -0.593. The van der Waals surface area contributed by atoms with Crippen molar-refractivity contribution in [2.45, 2.75) is 32.9 Å². The van der Waals surface area contributed by atoms with E-state index in [9.17, 15) is 9.59 Å². The summed E-state index contributed by atoms with van der Waals surface area (Å²) in [7, 11) is 3.97. The SMILES string of the molecule is CC(C)C[C@@H](NC(=O)c1ccc(Cl)cc1)C(=O)NCc1ccc(N(C)C)cc1. The highest BCUT2D eigenvalue weighted by atomic mass is 35.5. The first-order valence-corrected chi connectivity index (χ1v) is 9.74. The highest BCUT2D eigenvalue weighted by molar-refractivity contribution is 6.30. The van der Waals surface area contributed by atoms with E-state index in [0.717, 1.165) is 11.3 Å². The number of anilines is 1. The van der Waals surface area contributed by atoms with Crippen LogP contribution < -0.4 is 15.5 Å². The number of hydrogen-bond acceptors (Lipinski definition) is 3. The van der Waals surface area contributed by atoms with Crippen LogP contribution in [-0.4, -0.2) is 32.0 Å². The molecule has 2 aromatic carbocycles. The van der Waals surface area contributed by atoms with Gasteiger partial charge < -0.3 is 15.5 Å². The smallest absolute Gasteiger partial charge is 0.251 e. The largest absolute Gasteiger partial charge is 0.378 e. The van der Waals surface area contributed by atoms with E-state index < -0.39 is 6.04 Å². The van der Waals surface area contributed by atoms with Crippen molar-refractivity contribution >= 4 is 29.1 Å². The fourth-order valence-electron chi connectivity index (χ4n) is 2.77. The highest BCUT2D eigenvalue weighted by Crippen LogP contribution is 2.13. The normalized spacial score (nSPS) is 11.8.